The first-order valence-electron chi connectivity index (χ1n) is 6.60. The number of benzene rings is 1. The number of nitrogens with zero attached hydrogens (tertiary/aromatic N) is 1. The Morgan fingerprint density at radius 2 is 1.90 bits per heavy atom. The lowest BCUT2D eigenvalue weighted by atomic mass is 10.1. The molecule has 0 radical (unpaired) electrons. The molecule has 1 aromatic carbocycles. The van der Waals surface area contributed by atoms with Crippen molar-refractivity contribution >= 4 is 11.6 Å². The molecule has 1 atom stereocenters. The molecule has 0 bridgehead atoms. The Hall–Kier alpha value is -1.58. The fourth-order valence-corrected chi connectivity index (χ4v) is 2.36. The molecule has 20 heavy (non-hydrogen) atoms. The molecular weight excluding hydrogens is 274 g/mol. The molecule has 0 unspecified atom stereocenters. The summed E-state index contributed by atoms with van der Waals surface area (Å²) in [4.78, 5) is 4.22. The highest BCUT2D eigenvalue weighted by atomic mass is 35.5. The second-order valence-corrected chi connectivity index (χ2v) is 5.25. The molecule has 0 saturated carbocycles. The summed E-state index contributed by atoms with van der Waals surface area (Å²) < 4.78 is 5.86. The van der Waals surface area contributed by atoms with E-state index in [9.17, 15) is 5.11 Å². The molecule has 1 aromatic heterocycles. The summed E-state index contributed by atoms with van der Waals surface area (Å²) in [5, 5.41) is 10.4. The van der Waals surface area contributed by atoms with Crippen LogP contribution in [0.1, 0.15) is 36.3 Å². The van der Waals surface area contributed by atoms with Crippen molar-refractivity contribution in [3.8, 4) is 11.5 Å². The third-order valence-corrected chi connectivity index (χ3v) is 3.35. The molecule has 0 spiro atoms. The van der Waals surface area contributed by atoms with E-state index in [1.165, 1.54) is 0 Å². The Kier molecular flexibility index (Phi) is 4.63. The predicted molar refractivity (Wildman–Crippen MR) is 80.5 cm³/mol. The molecule has 1 N–H and O–H groups in total. The first-order valence-corrected chi connectivity index (χ1v) is 6.97. The lowest BCUT2D eigenvalue weighted by molar-refractivity contribution is 0.169. The summed E-state index contributed by atoms with van der Waals surface area (Å²) >= 11 is 6.00. The van der Waals surface area contributed by atoms with E-state index in [1.54, 1.807) is 12.3 Å². The lowest BCUT2D eigenvalue weighted by Crippen LogP contribution is -1.99. The van der Waals surface area contributed by atoms with Crippen molar-refractivity contribution < 1.29 is 9.84 Å². The standard InChI is InChI=1S/C16H18ClNO2/c1-4-15(19)14-6-5-13(9-18-14)20-16-10(2)7-12(17)8-11(16)3/h5-9,15,19H,4H2,1-3H3/t15-/m1/s1. The van der Waals surface area contributed by atoms with Crippen molar-refractivity contribution in [3.05, 3.63) is 52.3 Å². The van der Waals surface area contributed by atoms with Gasteiger partial charge in [-0.2, -0.15) is 0 Å². The van der Waals surface area contributed by atoms with Gasteiger partial charge in [0.25, 0.3) is 0 Å². The zero-order chi connectivity index (χ0) is 14.7. The topological polar surface area (TPSA) is 42.4 Å². The van der Waals surface area contributed by atoms with Gasteiger partial charge in [-0.25, -0.2) is 0 Å². The number of ether oxygens (including phenoxy) is 1. The molecule has 106 valence electrons. The second kappa shape index (κ2) is 6.25. The van der Waals surface area contributed by atoms with E-state index in [1.807, 2.05) is 39.0 Å². The summed E-state index contributed by atoms with van der Waals surface area (Å²) in [7, 11) is 0. The van der Waals surface area contributed by atoms with Gasteiger partial charge in [-0.1, -0.05) is 18.5 Å². The minimum absolute atomic E-state index is 0.525. The maximum absolute atomic E-state index is 9.71. The van der Waals surface area contributed by atoms with Crippen LogP contribution in [-0.4, -0.2) is 10.1 Å². The maximum atomic E-state index is 9.71. The van der Waals surface area contributed by atoms with Crippen molar-refractivity contribution in [1.29, 1.82) is 0 Å². The van der Waals surface area contributed by atoms with Crippen LogP contribution in [0, 0.1) is 13.8 Å². The van der Waals surface area contributed by atoms with Crippen molar-refractivity contribution in [2.75, 3.05) is 0 Å². The molecule has 0 fully saturated rings. The first kappa shape index (κ1) is 14.8. The van der Waals surface area contributed by atoms with Crippen LogP contribution in [0.4, 0.5) is 0 Å². The van der Waals surface area contributed by atoms with Crippen molar-refractivity contribution in [3.63, 3.8) is 0 Å². The second-order valence-electron chi connectivity index (χ2n) is 4.81. The lowest BCUT2D eigenvalue weighted by Gasteiger charge is -2.13. The van der Waals surface area contributed by atoms with Gasteiger partial charge in [-0.15, -0.1) is 0 Å². The minimum atomic E-state index is -0.525. The van der Waals surface area contributed by atoms with Crippen LogP contribution < -0.4 is 4.74 Å². The Balaban J connectivity index is 2.23. The van der Waals surface area contributed by atoms with Gasteiger partial charge in [0.2, 0.25) is 0 Å². The number of hydrogen-bond donors (Lipinski definition) is 1. The van der Waals surface area contributed by atoms with Gasteiger partial charge in [0, 0.05) is 5.02 Å². The number of aliphatic hydroxyl groups is 1. The number of rotatable bonds is 4. The molecule has 3 nitrogen and oxygen atoms in total. The van der Waals surface area contributed by atoms with Gasteiger partial charge in [0.1, 0.15) is 11.5 Å². The third kappa shape index (κ3) is 3.30. The highest BCUT2D eigenvalue weighted by molar-refractivity contribution is 6.30. The Bertz CT molecular complexity index is 573. The SMILES string of the molecule is CC[C@@H](O)c1ccc(Oc2c(C)cc(Cl)cc2C)cn1. The van der Waals surface area contributed by atoms with Gasteiger partial charge in [0.05, 0.1) is 18.0 Å². The van der Waals surface area contributed by atoms with Crippen LogP contribution in [0.3, 0.4) is 0 Å². The van der Waals surface area contributed by atoms with E-state index < -0.39 is 6.10 Å². The highest BCUT2D eigenvalue weighted by Crippen LogP contribution is 2.31. The zero-order valence-electron chi connectivity index (χ0n) is 11.9. The number of halogens is 1. The quantitative estimate of drug-likeness (QED) is 0.896. The molecular formula is C16H18ClNO2. The Morgan fingerprint density at radius 3 is 2.40 bits per heavy atom. The summed E-state index contributed by atoms with van der Waals surface area (Å²) in [5.41, 5.74) is 2.62. The van der Waals surface area contributed by atoms with E-state index in [0.717, 1.165) is 16.9 Å². The molecule has 0 aliphatic rings. The normalized spacial score (nSPS) is 12.2. The third-order valence-electron chi connectivity index (χ3n) is 3.13. The minimum Gasteiger partial charge on any atom is -0.455 e. The fraction of sp³-hybridized carbons (Fsp3) is 0.312. The number of pyridine rings is 1. The van der Waals surface area contributed by atoms with Crippen LogP contribution in [0.25, 0.3) is 0 Å². The monoisotopic (exact) mass is 291 g/mol. The maximum Gasteiger partial charge on any atom is 0.145 e. The largest absolute Gasteiger partial charge is 0.455 e. The summed E-state index contributed by atoms with van der Waals surface area (Å²) in [6, 6.07) is 7.33. The first-order chi connectivity index (χ1) is 9.51. The fourth-order valence-electron chi connectivity index (χ4n) is 2.03. The molecule has 0 saturated heterocycles. The van der Waals surface area contributed by atoms with Gasteiger partial charge in [-0.3, -0.25) is 4.98 Å². The Labute approximate surface area is 124 Å². The molecule has 0 amide bonds. The molecule has 2 aromatic rings. The average Bonchev–Trinajstić information content (AvgIpc) is 2.42. The Morgan fingerprint density at radius 1 is 1.25 bits per heavy atom. The summed E-state index contributed by atoms with van der Waals surface area (Å²) in [5.74, 6) is 1.44. The van der Waals surface area contributed by atoms with Gasteiger partial charge < -0.3 is 9.84 Å². The molecule has 0 aliphatic carbocycles. The number of hydrogen-bond acceptors (Lipinski definition) is 3. The zero-order valence-corrected chi connectivity index (χ0v) is 12.6. The van der Waals surface area contributed by atoms with Crippen molar-refractivity contribution in [2.24, 2.45) is 0 Å². The molecule has 1 heterocycles. The van der Waals surface area contributed by atoms with E-state index in [2.05, 4.69) is 4.98 Å². The van der Waals surface area contributed by atoms with E-state index >= 15 is 0 Å². The van der Waals surface area contributed by atoms with Crippen LogP contribution in [0.5, 0.6) is 11.5 Å². The van der Waals surface area contributed by atoms with Crippen LogP contribution >= 0.6 is 11.6 Å². The molecule has 4 heteroatoms. The summed E-state index contributed by atoms with van der Waals surface area (Å²) in [6.45, 7) is 5.82. The number of aliphatic hydroxyl groups excluding tert-OH is 1. The average molecular weight is 292 g/mol. The molecule has 2 rings (SSSR count). The van der Waals surface area contributed by atoms with Crippen LogP contribution in [0.2, 0.25) is 5.02 Å². The number of aryl methyl sites for hydroxylation is 2. The van der Waals surface area contributed by atoms with Crippen LogP contribution in [-0.2, 0) is 0 Å². The van der Waals surface area contributed by atoms with Crippen molar-refractivity contribution in [2.45, 2.75) is 33.3 Å². The molecule has 0 aliphatic heterocycles. The van der Waals surface area contributed by atoms with Gasteiger partial charge >= 0.3 is 0 Å². The van der Waals surface area contributed by atoms with Gasteiger partial charge in [-0.05, 0) is 55.7 Å². The highest BCUT2D eigenvalue weighted by Gasteiger charge is 2.09. The van der Waals surface area contributed by atoms with E-state index in [-0.39, 0.29) is 0 Å². The van der Waals surface area contributed by atoms with Crippen molar-refractivity contribution in [1.82, 2.24) is 4.98 Å². The predicted octanol–water partition coefficient (Wildman–Crippen LogP) is 4.59. The van der Waals surface area contributed by atoms with E-state index in [0.29, 0.717) is 22.9 Å². The smallest absolute Gasteiger partial charge is 0.145 e. The van der Waals surface area contributed by atoms with Gasteiger partial charge in [0.15, 0.2) is 0 Å². The summed E-state index contributed by atoms with van der Waals surface area (Å²) in [6.07, 6.45) is 1.74. The van der Waals surface area contributed by atoms with E-state index in [4.69, 9.17) is 16.3 Å². The van der Waals surface area contributed by atoms with Crippen LogP contribution in [0.15, 0.2) is 30.5 Å². The number of aromatic nitrogens is 1.